The molecule has 6 heteroatoms. The van der Waals surface area contributed by atoms with Crippen LogP contribution in [0, 0.1) is 0 Å². The molecule has 0 saturated heterocycles. The van der Waals surface area contributed by atoms with Crippen molar-refractivity contribution in [2.45, 2.75) is 71.1 Å². The maximum atomic E-state index is 10.2. The van der Waals surface area contributed by atoms with Crippen LogP contribution in [0.5, 0.6) is 0 Å². The second kappa shape index (κ2) is 25.7. The molecule has 0 unspecified atom stereocenters. The van der Waals surface area contributed by atoms with Crippen LogP contribution < -0.4 is 0 Å². The molecule has 0 saturated carbocycles. The fourth-order valence-corrected chi connectivity index (χ4v) is 1.59. The molecule has 0 aromatic carbocycles. The van der Waals surface area contributed by atoms with E-state index < -0.39 is 5.97 Å². The molecular weight excluding hydrogens is 251 g/mol. The number of rotatable bonds is 10. The van der Waals surface area contributed by atoms with Crippen molar-refractivity contribution in [3.63, 3.8) is 0 Å². The Morgan fingerprint density at radius 2 is 1.11 bits per heavy atom. The summed E-state index contributed by atoms with van der Waals surface area (Å²) in [6.45, 7) is 2.23. The normalized spacial score (nSPS) is 8.06. The summed E-state index contributed by atoms with van der Waals surface area (Å²) in [6.07, 6.45) is 11.5. The van der Waals surface area contributed by atoms with Gasteiger partial charge in [0.1, 0.15) is 0 Å². The van der Waals surface area contributed by atoms with Gasteiger partial charge in [-0.3, -0.25) is 4.79 Å². The molecule has 108 valence electrons. The molecule has 0 aromatic heterocycles. The van der Waals surface area contributed by atoms with Crippen molar-refractivity contribution in [2.75, 3.05) is 0 Å². The zero-order valence-corrected chi connectivity index (χ0v) is 12.5. The first-order valence-corrected chi connectivity index (χ1v) is 5.99. The van der Waals surface area contributed by atoms with Gasteiger partial charge in [-0.25, -0.2) is 0 Å². The van der Waals surface area contributed by atoms with Gasteiger partial charge in [0.05, 0.1) is 0 Å². The van der Waals surface area contributed by atoms with E-state index in [1.165, 1.54) is 44.9 Å². The van der Waals surface area contributed by atoms with Crippen LogP contribution in [0.1, 0.15) is 71.1 Å². The standard InChI is InChI=1S/C12H24O2.Al.3H2O/c1-2-3-4-5-6-7-8-9-10-11-12(13)14;;;;/h2-11H2,1H3,(H,13,14);;3*1H2/q;+3;;;/p-3. The molecule has 0 rings (SSSR count). The Morgan fingerprint density at radius 1 is 0.778 bits per heavy atom. The predicted octanol–water partition coefficient (Wildman–Crippen LogP) is 3.08. The Labute approximate surface area is 121 Å². The molecule has 0 atom stereocenters. The molecular formula is C12H27AlO5. The summed E-state index contributed by atoms with van der Waals surface area (Å²) < 4.78 is 0. The molecule has 0 spiro atoms. The van der Waals surface area contributed by atoms with Crippen molar-refractivity contribution in [3.8, 4) is 0 Å². The summed E-state index contributed by atoms with van der Waals surface area (Å²) in [5, 5.41) is 8.41. The van der Waals surface area contributed by atoms with E-state index >= 15 is 0 Å². The molecule has 0 aromatic rings. The number of carboxylic acid groups (broad SMARTS) is 1. The molecule has 18 heavy (non-hydrogen) atoms. The third-order valence-corrected chi connectivity index (χ3v) is 2.49. The molecule has 0 bridgehead atoms. The van der Waals surface area contributed by atoms with E-state index in [1.54, 1.807) is 0 Å². The summed E-state index contributed by atoms with van der Waals surface area (Å²) in [4.78, 5) is 10.2. The van der Waals surface area contributed by atoms with E-state index in [4.69, 9.17) is 5.11 Å². The Hall–Kier alpha value is -0.118. The number of carboxylic acids is 1. The average Bonchev–Trinajstić information content (AvgIpc) is 2.15. The topological polar surface area (TPSA) is 127 Å². The quantitative estimate of drug-likeness (QED) is 0.485. The number of hydrogen-bond acceptors (Lipinski definition) is 4. The van der Waals surface area contributed by atoms with Gasteiger partial charge in [0.15, 0.2) is 0 Å². The fraction of sp³-hybridized carbons (Fsp3) is 0.917. The zero-order chi connectivity index (χ0) is 10.6. The van der Waals surface area contributed by atoms with Crippen LogP contribution in [0.4, 0.5) is 0 Å². The summed E-state index contributed by atoms with van der Waals surface area (Å²) in [6, 6.07) is 0. The minimum absolute atomic E-state index is 0. The maximum absolute atomic E-state index is 10.2. The monoisotopic (exact) mass is 278 g/mol. The van der Waals surface area contributed by atoms with Crippen LogP contribution in [0.3, 0.4) is 0 Å². The minimum atomic E-state index is -0.659. The largest absolute Gasteiger partial charge is 3.00 e. The van der Waals surface area contributed by atoms with Gasteiger partial charge in [-0.05, 0) is 6.42 Å². The number of hydrogen-bond donors (Lipinski definition) is 1. The van der Waals surface area contributed by atoms with Crippen LogP contribution in [0.2, 0.25) is 0 Å². The van der Waals surface area contributed by atoms with Gasteiger partial charge in [-0.2, -0.15) is 0 Å². The Bertz CT molecular complexity index is 144. The van der Waals surface area contributed by atoms with Crippen molar-refractivity contribution in [2.24, 2.45) is 0 Å². The second-order valence-electron chi connectivity index (χ2n) is 3.97. The molecule has 0 aliphatic carbocycles. The summed E-state index contributed by atoms with van der Waals surface area (Å²) in [7, 11) is 0. The number of aliphatic carboxylic acids is 1. The molecule has 0 amide bonds. The molecule has 0 aliphatic rings. The van der Waals surface area contributed by atoms with E-state index in [2.05, 4.69) is 6.92 Å². The van der Waals surface area contributed by atoms with E-state index in [1.807, 2.05) is 0 Å². The Balaban J connectivity index is -0.000000141. The first-order valence-electron chi connectivity index (χ1n) is 5.99. The van der Waals surface area contributed by atoms with Crippen molar-refractivity contribution in [3.05, 3.63) is 0 Å². The van der Waals surface area contributed by atoms with Gasteiger partial charge in [-0.1, -0.05) is 58.3 Å². The van der Waals surface area contributed by atoms with E-state index in [9.17, 15) is 4.79 Å². The third kappa shape index (κ3) is 29.7. The first kappa shape index (κ1) is 30.7. The summed E-state index contributed by atoms with van der Waals surface area (Å²) in [5.41, 5.74) is 0. The van der Waals surface area contributed by atoms with Crippen molar-refractivity contribution in [1.82, 2.24) is 0 Å². The molecule has 0 radical (unpaired) electrons. The Kier molecular flexibility index (Phi) is 43.8. The van der Waals surface area contributed by atoms with Crippen molar-refractivity contribution >= 4 is 23.3 Å². The van der Waals surface area contributed by atoms with Gasteiger partial charge in [-0.15, -0.1) is 0 Å². The Morgan fingerprint density at radius 3 is 1.44 bits per heavy atom. The summed E-state index contributed by atoms with van der Waals surface area (Å²) in [5.74, 6) is -0.659. The van der Waals surface area contributed by atoms with Gasteiger partial charge in [0.2, 0.25) is 0 Å². The van der Waals surface area contributed by atoms with Gasteiger partial charge < -0.3 is 21.5 Å². The van der Waals surface area contributed by atoms with E-state index in [0.29, 0.717) is 6.42 Å². The van der Waals surface area contributed by atoms with Crippen molar-refractivity contribution in [1.29, 1.82) is 0 Å². The predicted molar refractivity (Wildman–Crippen MR) is 71.0 cm³/mol. The average molecular weight is 278 g/mol. The fourth-order valence-electron chi connectivity index (χ4n) is 1.59. The van der Waals surface area contributed by atoms with Crippen LogP contribution in [-0.2, 0) is 4.79 Å². The minimum Gasteiger partial charge on any atom is -0.870 e. The van der Waals surface area contributed by atoms with Crippen LogP contribution in [0.25, 0.3) is 0 Å². The number of carbonyl (C=O) groups is 1. The van der Waals surface area contributed by atoms with Crippen molar-refractivity contribution < 1.29 is 26.3 Å². The van der Waals surface area contributed by atoms with E-state index in [-0.39, 0.29) is 33.8 Å². The first-order chi connectivity index (χ1) is 6.77. The smallest absolute Gasteiger partial charge is 0.870 e. The summed E-state index contributed by atoms with van der Waals surface area (Å²) >= 11 is 0. The maximum Gasteiger partial charge on any atom is 3.00 e. The zero-order valence-electron chi connectivity index (χ0n) is 11.3. The molecule has 0 fully saturated rings. The van der Waals surface area contributed by atoms with Crippen LogP contribution in [0.15, 0.2) is 0 Å². The molecule has 0 heterocycles. The molecule has 0 aliphatic heterocycles. The van der Waals surface area contributed by atoms with Gasteiger partial charge in [0, 0.05) is 6.42 Å². The van der Waals surface area contributed by atoms with E-state index in [0.717, 1.165) is 12.8 Å². The van der Waals surface area contributed by atoms with Crippen LogP contribution in [-0.4, -0.2) is 44.9 Å². The molecule has 4 N–H and O–H groups in total. The van der Waals surface area contributed by atoms with Crippen LogP contribution >= 0.6 is 0 Å². The molecule has 5 nitrogen and oxygen atoms in total. The SMILES string of the molecule is CCCCCCCCCCCC(=O)O.[Al+3].[OH-].[OH-].[OH-]. The van der Waals surface area contributed by atoms with Gasteiger partial charge in [0.25, 0.3) is 0 Å². The number of unbranched alkanes of at least 4 members (excludes halogenated alkanes) is 8. The third-order valence-electron chi connectivity index (χ3n) is 2.49. The second-order valence-corrected chi connectivity index (χ2v) is 3.97. The van der Waals surface area contributed by atoms with Gasteiger partial charge >= 0.3 is 23.3 Å².